The van der Waals surface area contributed by atoms with E-state index in [9.17, 15) is 0 Å². The average molecular weight is 1330 g/mol. The maximum atomic E-state index is 6.11. The third kappa shape index (κ3) is 19.4. The zero-order valence-electron chi connectivity index (χ0n) is 58.5. The lowest BCUT2D eigenvalue weighted by molar-refractivity contribution is 0.460. The highest BCUT2D eigenvalue weighted by Gasteiger charge is 2.24. The molecule has 0 amide bonds. The fourth-order valence-corrected chi connectivity index (χ4v) is 11.1. The van der Waals surface area contributed by atoms with E-state index in [0.29, 0.717) is 23.0 Å². The topological polar surface area (TPSA) is 55.4 Å². The van der Waals surface area contributed by atoms with Crippen LogP contribution in [0.4, 0.5) is 0 Å². The Hall–Kier alpha value is -13.1. The molecule has 13 aromatic rings. The molecule has 0 fully saturated rings. The molecule has 0 aliphatic carbocycles. The zero-order chi connectivity index (χ0) is 70.7. The van der Waals surface area contributed by atoms with Crippen molar-refractivity contribution < 1.29 is 28.4 Å². The monoisotopic (exact) mass is 1320 g/mol. The Labute approximate surface area is 600 Å². The van der Waals surface area contributed by atoms with Crippen LogP contribution in [0, 0.1) is 75.1 Å². The van der Waals surface area contributed by atoms with Crippen LogP contribution in [-0.2, 0) is 10.8 Å². The summed E-state index contributed by atoms with van der Waals surface area (Å²) in [4.78, 5) is 0. The van der Waals surface area contributed by atoms with Crippen molar-refractivity contribution in [2.24, 2.45) is 0 Å². The van der Waals surface area contributed by atoms with Crippen molar-refractivity contribution >= 4 is 0 Å². The first-order chi connectivity index (χ1) is 49.5. The van der Waals surface area contributed by atoms with Crippen molar-refractivity contribution in [1.29, 1.82) is 0 Å². The van der Waals surface area contributed by atoms with Crippen molar-refractivity contribution in [2.45, 2.75) is 66.2 Å². The summed E-state index contributed by atoms with van der Waals surface area (Å²) in [5.41, 5.74) is 15.0. The van der Waals surface area contributed by atoms with Gasteiger partial charge in [0.1, 0.15) is 69.0 Å². The molecule has 0 spiro atoms. The first-order valence-electron chi connectivity index (χ1n) is 33.9. The number of rotatable bonds is 16. The second-order valence-corrected chi connectivity index (χ2v) is 25.9. The highest BCUT2D eigenvalue weighted by atomic mass is 16.5. The summed E-state index contributed by atoms with van der Waals surface area (Å²) in [6.45, 7) is 17.3. The predicted molar refractivity (Wildman–Crippen MR) is 413 cm³/mol. The van der Waals surface area contributed by atoms with E-state index in [2.05, 4.69) is 162 Å². The Morgan fingerprint density at radius 3 is 0.627 bits per heavy atom. The van der Waals surface area contributed by atoms with E-state index in [1.54, 1.807) is 0 Å². The minimum atomic E-state index is -0.0958. The first-order valence-corrected chi connectivity index (χ1v) is 33.9. The van der Waals surface area contributed by atoms with Gasteiger partial charge in [0, 0.05) is 50.3 Å². The van der Waals surface area contributed by atoms with Crippen LogP contribution >= 0.6 is 0 Å². The van der Waals surface area contributed by atoms with Gasteiger partial charge in [-0.3, -0.25) is 0 Å². The lowest BCUT2D eigenvalue weighted by Gasteiger charge is -2.26. The van der Waals surface area contributed by atoms with Gasteiger partial charge in [0.05, 0.1) is 0 Å². The largest absolute Gasteiger partial charge is 0.457 e. The van der Waals surface area contributed by atoms with Crippen LogP contribution in [0.3, 0.4) is 0 Å². The normalized spacial score (nSPS) is 10.6. The van der Waals surface area contributed by atoms with E-state index in [4.69, 9.17) is 28.4 Å². The lowest BCUT2D eigenvalue weighted by atomic mass is 9.78. The summed E-state index contributed by atoms with van der Waals surface area (Å²) in [5, 5.41) is 0. The molecule has 102 heavy (non-hydrogen) atoms. The fourth-order valence-electron chi connectivity index (χ4n) is 11.1. The molecule has 0 atom stereocenters. The highest BCUT2D eigenvalue weighted by Crippen LogP contribution is 2.37. The van der Waals surface area contributed by atoms with Crippen LogP contribution in [-0.4, -0.2) is 0 Å². The van der Waals surface area contributed by atoms with Gasteiger partial charge in [0.15, 0.2) is 0 Å². The third-order valence-corrected chi connectivity index (χ3v) is 17.2. The number of aryl methyl sites for hydroxylation is 4. The maximum Gasteiger partial charge on any atom is 0.131 e. The van der Waals surface area contributed by atoms with E-state index in [0.717, 1.165) is 90.5 Å². The van der Waals surface area contributed by atoms with Gasteiger partial charge in [0.2, 0.25) is 0 Å². The minimum absolute atomic E-state index is 0.0958. The van der Waals surface area contributed by atoms with Gasteiger partial charge in [0.25, 0.3) is 0 Å². The molecule has 13 rings (SSSR count). The second-order valence-electron chi connectivity index (χ2n) is 25.9. The summed E-state index contributed by atoms with van der Waals surface area (Å²) in [6, 6.07) is 104. The average Bonchev–Trinajstić information content (AvgIpc) is 0.806. The molecule has 0 saturated heterocycles. The van der Waals surface area contributed by atoms with Gasteiger partial charge in [-0.15, -0.1) is 0 Å². The smallest absolute Gasteiger partial charge is 0.131 e. The molecule has 0 unspecified atom stereocenters. The van der Waals surface area contributed by atoms with Crippen molar-refractivity contribution in [3.63, 3.8) is 0 Å². The van der Waals surface area contributed by atoms with Crippen LogP contribution in [0.1, 0.15) is 106 Å². The van der Waals surface area contributed by atoms with Crippen molar-refractivity contribution in [2.75, 3.05) is 0 Å². The Morgan fingerprint density at radius 2 is 0.382 bits per heavy atom. The predicted octanol–water partition coefficient (Wildman–Crippen LogP) is 24.2. The molecule has 0 aromatic heterocycles. The molecule has 6 heteroatoms. The molecule has 0 aliphatic heterocycles. The summed E-state index contributed by atoms with van der Waals surface area (Å²) < 4.78 is 36.3. The summed E-state index contributed by atoms with van der Waals surface area (Å²) >= 11 is 0. The second kappa shape index (κ2) is 32.5. The molecule has 496 valence electrons. The molecule has 13 aromatic carbocycles. The van der Waals surface area contributed by atoms with Gasteiger partial charge in [-0.1, -0.05) is 177 Å². The van der Waals surface area contributed by atoms with Gasteiger partial charge in [-0.25, -0.2) is 0 Å². The third-order valence-electron chi connectivity index (χ3n) is 17.2. The lowest BCUT2D eigenvalue weighted by Crippen LogP contribution is -2.18. The van der Waals surface area contributed by atoms with Crippen molar-refractivity contribution in [3.8, 4) is 116 Å². The van der Waals surface area contributed by atoms with Crippen LogP contribution < -0.4 is 28.4 Å². The van der Waals surface area contributed by atoms with Crippen molar-refractivity contribution in [3.05, 3.63) is 393 Å². The molecule has 0 aliphatic rings. The molecule has 6 nitrogen and oxygen atoms in total. The van der Waals surface area contributed by atoms with Crippen LogP contribution in [0.25, 0.3) is 0 Å². The van der Waals surface area contributed by atoms with Crippen LogP contribution in [0.5, 0.6) is 69.0 Å². The standard InChI is InChI=1S/C48H34O4.C48H42O2/c1-35-6-3-8-45(32-35)49-41-24-16-37(17-25-41)12-14-39-20-28-43(29-21-39)51-47-10-5-11-48(34-47)52-44-30-22-40(23-31-44)15-13-38-18-26-42(27-19-38)50-46-9-4-7-36(2)33-46;1-35-11-19-39(20-12-35)47(3,4)41-23-31-45(32-24-41)49-43-27-15-37(16-28-43)9-7-8-10-38-17-29-44(30-18-38)50-46-33-25-42(26-34-46)48(5,6)40-21-13-36(2)14-22-40/h3-11,16-34H,1-2H3;11-34H,1-6H3. The summed E-state index contributed by atoms with van der Waals surface area (Å²) in [5.74, 6) is 34.1. The fraction of sp³-hybridized carbons (Fsp3) is 0.104. The van der Waals surface area contributed by atoms with E-state index < -0.39 is 0 Å². The van der Waals surface area contributed by atoms with E-state index in [1.165, 1.54) is 33.4 Å². The zero-order valence-corrected chi connectivity index (χ0v) is 58.5. The van der Waals surface area contributed by atoms with Crippen LogP contribution in [0.15, 0.2) is 315 Å². The molecule has 0 heterocycles. The first kappa shape index (κ1) is 68.8. The van der Waals surface area contributed by atoms with E-state index in [1.807, 2.05) is 257 Å². The molecule has 0 radical (unpaired) electrons. The SMILES string of the molecule is Cc1ccc(C(C)(C)c2ccc(Oc3ccc(C#CC#Cc4ccc(Oc5ccc(C(C)(C)c6ccc(C)cc6)cc5)cc4)cc3)cc2)cc1.Cc1cccc(Oc2ccc(C#Cc3ccc(Oc4cccc(Oc5ccc(C#Cc6ccc(Oc7cccc(C)c7)cc6)cc5)c4)cc3)cc2)c1. The maximum absolute atomic E-state index is 6.11. The molecule has 0 bridgehead atoms. The molecule has 0 N–H and O–H groups in total. The van der Waals surface area contributed by atoms with Gasteiger partial charge < -0.3 is 28.4 Å². The Morgan fingerprint density at radius 1 is 0.186 bits per heavy atom. The van der Waals surface area contributed by atoms with Crippen molar-refractivity contribution in [1.82, 2.24) is 0 Å². The molecule has 0 saturated carbocycles. The van der Waals surface area contributed by atoms with E-state index in [-0.39, 0.29) is 10.8 Å². The molecular formula is C96H76O6. The highest BCUT2D eigenvalue weighted by molar-refractivity contribution is 5.53. The number of ether oxygens (including phenoxy) is 6. The molecular weight excluding hydrogens is 1250 g/mol. The Bertz CT molecular complexity index is 4910. The van der Waals surface area contributed by atoms with Gasteiger partial charge in [-0.05, 0) is 279 Å². The van der Waals surface area contributed by atoms with Gasteiger partial charge >= 0.3 is 0 Å². The summed E-state index contributed by atoms with van der Waals surface area (Å²) in [7, 11) is 0. The summed E-state index contributed by atoms with van der Waals surface area (Å²) in [6.07, 6.45) is 0. The van der Waals surface area contributed by atoms with Gasteiger partial charge in [-0.2, -0.15) is 0 Å². The number of benzene rings is 13. The number of hydrogen-bond acceptors (Lipinski definition) is 6. The van der Waals surface area contributed by atoms with E-state index >= 15 is 0 Å². The number of hydrogen-bond donors (Lipinski definition) is 0. The Balaban J connectivity index is 0.000000193. The minimum Gasteiger partial charge on any atom is -0.457 e. The quantitative estimate of drug-likeness (QED) is 0.0899. The van der Waals surface area contributed by atoms with Crippen LogP contribution in [0.2, 0.25) is 0 Å². The Kier molecular flexibility index (Phi) is 21.9.